The van der Waals surface area contributed by atoms with E-state index in [9.17, 15) is 4.79 Å². The van der Waals surface area contributed by atoms with E-state index < -0.39 is 0 Å². The fourth-order valence-corrected chi connectivity index (χ4v) is 4.10. The van der Waals surface area contributed by atoms with Crippen molar-refractivity contribution >= 4 is 5.91 Å². The molecule has 2 aliphatic carbocycles. The average Bonchev–Trinajstić information content (AvgIpc) is 3.02. The summed E-state index contributed by atoms with van der Waals surface area (Å²) in [5, 5.41) is 6.54. The van der Waals surface area contributed by atoms with Gasteiger partial charge in [0.2, 0.25) is 5.91 Å². The molecular formula is C14H24N2O. The van der Waals surface area contributed by atoms with Gasteiger partial charge in [0.25, 0.3) is 0 Å². The van der Waals surface area contributed by atoms with Crippen LogP contribution in [0.2, 0.25) is 0 Å². The Labute approximate surface area is 104 Å². The van der Waals surface area contributed by atoms with Crippen LogP contribution in [0, 0.1) is 17.8 Å². The SMILES string of the molecule is O=C(CC1CCCN1)NCC1CC2CCC1C2. The van der Waals surface area contributed by atoms with E-state index in [2.05, 4.69) is 10.6 Å². The Kier molecular flexibility index (Phi) is 3.37. The van der Waals surface area contributed by atoms with Gasteiger partial charge in [-0.2, -0.15) is 0 Å². The van der Waals surface area contributed by atoms with Crippen molar-refractivity contribution in [3.05, 3.63) is 0 Å². The van der Waals surface area contributed by atoms with Crippen molar-refractivity contribution in [3.63, 3.8) is 0 Å². The molecule has 2 saturated carbocycles. The number of carbonyl (C=O) groups excluding carboxylic acids is 1. The summed E-state index contributed by atoms with van der Waals surface area (Å²) in [4.78, 5) is 11.8. The Morgan fingerprint density at radius 3 is 2.82 bits per heavy atom. The van der Waals surface area contributed by atoms with Gasteiger partial charge in [0.05, 0.1) is 0 Å². The lowest BCUT2D eigenvalue weighted by molar-refractivity contribution is -0.121. The number of carbonyl (C=O) groups is 1. The van der Waals surface area contributed by atoms with Crippen LogP contribution in [-0.2, 0) is 4.79 Å². The van der Waals surface area contributed by atoms with Crippen molar-refractivity contribution in [3.8, 4) is 0 Å². The normalized spacial score (nSPS) is 39.8. The van der Waals surface area contributed by atoms with Crippen molar-refractivity contribution in [1.29, 1.82) is 0 Å². The molecule has 4 unspecified atom stereocenters. The molecule has 4 atom stereocenters. The van der Waals surface area contributed by atoms with Crippen molar-refractivity contribution in [2.45, 2.75) is 51.0 Å². The third-order valence-electron chi connectivity index (χ3n) is 5.04. The van der Waals surface area contributed by atoms with E-state index in [0.717, 1.165) is 30.8 Å². The summed E-state index contributed by atoms with van der Waals surface area (Å²) in [5.41, 5.74) is 0. The maximum absolute atomic E-state index is 11.8. The number of fused-ring (bicyclic) bond motifs is 2. The van der Waals surface area contributed by atoms with Crippen LogP contribution in [0.1, 0.15) is 44.9 Å². The minimum atomic E-state index is 0.257. The molecule has 3 aliphatic rings. The van der Waals surface area contributed by atoms with E-state index in [1.807, 2.05) is 0 Å². The molecule has 1 aliphatic heterocycles. The maximum Gasteiger partial charge on any atom is 0.221 e. The number of hydrogen-bond donors (Lipinski definition) is 2. The Hall–Kier alpha value is -0.570. The molecule has 2 N–H and O–H groups in total. The fourth-order valence-electron chi connectivity index (χ4n) is 4.10. The Bertz CT molecular complexity index is 286. The molecule has 0 aromatic heterocycles. The van der Waals surface area contributed by atoms with Gasteiger partial charge < -0.3 is 10.6 Å². The number of amides is 1. The first-order valence-electron chi connectivity index (χ1n) is 7.31. The summed E-state index contributed by atoms with van der Waals surface area (Å²) in [5.74, 6) is 2.95. The van der Waals surface area contributed by atoms with Gasteiger partial charge in [0, 0.05) is 19.0 Å². The van der Waals surface area contributed by atoms with E-state index in [0.29, 0.717) is 12.5 Å². The van der Waals surface area contributed by atoms with Crippen LogP contribution < -0.4 is 10.6 Å². The van der Waals surface area contributed by atoms with E-state index in [1.165, 1.54) is 38.5 Å². The summed E-state index contributed by atoms with van der Waals surface area (Å²) in [7, 11) is 0. The summed E-state index contributed by atoms with van der Waals surface area (Å²) >= 11 is 0. The number of hydrogen-bond acceptors (Lipinski definition) is 2. The van der Waals surface area contributed by atoms with Crippen LogP contribution in [-0.4, -0.2) is 25.0 Å². The van der Waals surface area contributed by atoms with Crippen molar-refractivity contribution < 1.29 is 4.79 Å². The van der Waals surface area contributed by atoms with Crippen LogP contribution in [0.4, 0.5) is 0 Å². The van der Waals surface area contributed by atoms with Gasteiger partial charge in [-0.25, -0.2) is 0 Å². The zero-order chi connectivity index (χ0) is 11.7. The Morgan fingerprint density at radius 2 is 2.18 bits per heavy atom. The predicted octanol–water partition coefficient (Wildman–Crippen LogP) is 1.68. The molecule has 2 bridgehead atoms. The average molecular weight is 236 g/mol. The zero-order valence-electron chi connectivity index (χ0n) is 10.6. The summed E-state index contributed by atoms with van der Waals surface area (Å²) in [6, 6.07) is 0.440. The highest BCUT2D eigenvalue weighted by molar-refractivity contribution is 5.76. The molecular weight excluding hydrogens is 212 g/mol. The number of rotatable bonds is 4. The molecule has 1 saturated heterocycles. The maximum atomic E-state index is 11.8. The van der Waals surface area contributed by atoms with Crippen molar-refractivity contribution in [2.75, 3.05) is 13.1 Å². The molecule has 96 valence electrons. The third kappa shape index (κ3) is 2.65. The minimum absolute atomic E-state index is 0.257. The lowest BCUT2D eigenvalue weighted by Gasteiger charge is -2.22. The quantitative estimate of drug-likeness (QED) is 0.780. The van der Waals surface area contributed by atoms with Gasteiger partial charge in [0.1, 0.15) is 0 Å². The Balaban J connectivity index is 1.37. The highest BCUT2D eigenvalue weighted by atomic mass is 16.1. The highest BCUT2D eigenvalue weighted by Gasteiger charge is 2.39. The lowest BCUT2D eigenvalue weighted by Crippen LogP contribution is -2.35. The van der Waals surface area contributed by atoms with Crippen LogP contribution in [0.15, 0.2) is 0 Å². The number of nitrogens with one attached hydrogen (secondary N) is 2. The summed E-state index contributed by atoms with van der Waals surface area (Å²) in [6.07, 6.45) is 8.74. The fraction of sp³-hybridized carbons (Fsp3) is 0.929. The van der Waals surface area contributed by atoms with Gasteiger partial charge in [0.15, 0.2) is 0 Å². The van der Waals surface area contributed by atoms with Crippen molar-refractivity contribution in [1.82, 2.24) is 10.6 Å². The molecule has 3 nitrogen and oxygen atoms in total. The monoisotopic (exact) mass is 236 g/mol. The molecule has 1 amide bonds. The molecule has 0 spiro atoms. The Morgan fingerprint density at radius 1 is 1.24 bits per heavy atom. The molecule has 1 heterocycles. The summed E-state index contributed by atoms with van der Waals surface area (Å²) < 4.78 is 0. The van der Waals surface area contributed by atoms with Gasteiger partial charge in [-0.3, -0.25) is 4.79 Å². The zero-order valence-corrected chi connectivity index (χ0v) is 10.6. The molecule has 0 aromatic rings. The second kappa shape index (κ2) is 4.97. The first kappa shape index (κ1) is 11.5. The third-order valence-corrected chi connectivity index (χ3v) is 5.04. The molecule has 3 rings (SSSR count). The standard InChI is InChI=1S/C14H24N2O/c17-14(8-13-2-1-5-15-13)16-9-12-7-10-3-4-11(12)6-10/h10-13,15H,1-9H2,(H,16,17). The van der Waals surface area contributed by atoms with Crippen LogP contribution in [0.25, 0.3) is 0 Å². The lowest BCUT2D eigenvalue weighted by atomic mass is 9.89. The van der Waals surface area contributed by atoms with Crippen LogP contribution >= 0.6 is 0 Å². The van der Waals surface area contributed by atoms with E-state index in [-0.39, 0.29) is 5.91 Å². The topological polar surface area (TPSA) is 41.1 Å². The van der Waals surface area contributed by atoms with Crippen LogP contribution in [0.3, 0.4) is 0 Å². The highest BCUT2D eigenvalue weighted by Crippen LogP contribution is 2.47. The van der Waals surface area contributed by atoms with Gasteiger partial charge >= 0.3 is 0 Å². The molecule has 17 heavy (non-hydrogen) atoms. The second-order valence-electron chi connectivity index (χ2n) is 6.24. The predicted molar refractivity (Wildman–Crippen MR) is 67.6 cm³/mol. The molecule has 3 heteroatoms. The van der Waals surface area contributed by atoms with Gasteiger partial charge in [-0.15, -0.1) is 0 Å². The largest absolute Gasteiger partial charge is 0.356 e. The first-order valence-corrected chi connectivity index (χ1v) is 7.31. The van der Waals surface area contributed by atoms with Gasteiger partial charge in [-0.1, -0.05) is 6.42 Å². The second-order valence-corrected chi connectivity index (χ2v) is 6.24. The smallest absolute Gasteiger partial charge is 0.221 e. The molecule has 0 radical (unpaired) electrons. The summed E-state index contributed by atoms with van der Waals surface area (Å²) in [6.45, 7) is 2.02. The van der Waals surface area contributed by atoms with E-state index in [1.54, 1.807) is 0 Å². The van der Waals surface area contributed by atoms with Crippen molar-refractivity contribution in [2.24, 2.45) is 17.8 Å². The van der Waals surface area contributed by atoms with Gasteiger partial charge in [-0.05, 0) is 56.4 Å². The first-order chi connectivity index (χ1) is 8.31. The van der Waals surface area contributed by atoms with Crippen LogP contribution in [0.5, 0.6) is 0 Å². The van der Waals surface area contributed by atoms with E-state index in [4.69, 9.17) is 0 Å². The molecule has 3 fully saturated rings. The van der Waals surface area contributed by atoms with E-state index >= 15 is 0 Å². The molecule has 0 aromatic carbocycles. The minimum Gasteiger partial charge on any atom is -0.356 e.